The minimum Gasteiger partial charge on any atom is -0.440 e. The number of halogens is 1. The fourth-order valence-electron chi connectivity index (χ4n) is 1.74. The van der Waals surface area contributed by atoms with Crippen molar-refractivity contribution in [2.24, 2.45) is 0 Å². The predicted octanol–water partition coefficient (Wildman–Crippen LogP) is 2.45. The Hall–Kier alpha value is -2.15. The number of furan rings is 1. The van der Waals surface area contributed by atoms with E-state index in [0.29, 0.717) is 12.0 Å². The van der Waals surface area contributed by atoms with Gasteiger partial charge in [0.1, 0.15) is 5.82 Å². The van der Waals surface area contributed by atoms with Crippen molar-refractivity contribution < 1.29 is 22.0 Å². The minimum absolute atomic E-state index is 0.0706. The Balaban J connectivity index is 2.44. The van der Waals surface area contributed by atoms with E-state index < -0.39 is 15.8 Å². The summed E-state index contributed by atoms with van der Waals surface area (Å²) in [6.45, 7) is 1.79. The first kappa shape index (κ1) is 14.3. The van der Waals surface area contributed by atoms with Crippen molar-refractivity contribution in [1.82, 2.24) is 0 Å². The molecule has 0 atom stereocenters. The second-order valence-corrected chi connectivity index (χ2v) is 5.71. The molecule has 0 amide bonds. The lowest BCUT2D eigenvalue weighted by Gasteiger charge is -2.21. The maximum Gasteiger partial charge on any atom is 0.297 e. The third-order valence-corrected chi connectivity index (χ3v) is 4.44. The molecule has 0 unspecified atom stereocenters. The summed E-state index contributed by atoms with van der Waals surface area (Å²) < 4.78 is 43.7. The summed E-state index contributed by atoms with van der Waals surface area (Å²) >= 11 is 0. The molecule has 0 radical (unpaired) electrons. The molecule has 2 aromatic rings. The number of aldehydes is 1. The molecule has 0 aliphatic carbocycles. The molecule has 2 rings (SSSR count). The summed E-state index contributed by atoms with van der Waals surface area (Å²) in [5, 5.41) is -0.328. The lowest BCUT2D eigenvalue weighted by Crippen LogP contribution is -2.30. The van der Waals surface area contributed by atoms with Gasteiger partial charge in [0, 0.05) is 6.54 Å². The molecular weight excluding hydrogens is 285 g/mol. The van der Waals surface area contributed by atoms with E-state index in [0.717, 1.165) is 4.31 Å². The van der Waals surface area contributed by atoms with Gasteiger partial charge in [-0.25, -0.2) is 4.39 Å². The van der Waals surface area contributed by atoms with Gasteiger partial charge in [-0.05, 0) is 43.3 Å². The van der Waals surface area contributed by atoms with Crippen LogP contribution in [0.15, 0.2) is 45.9 Å². The van der Waals surface area contributed by atoms with Crippen LogP contribution in [-0.2, 0) is 10.0 Å². The largest absolute Gasteiger partial charge is 0.440 e. The van der Waals surface area contributed by atoms with Crippen molar-refractivity contribution in [3.8, 4) is 0 Å². The molecule has 0 bridgehead atoms. The third-order valence-electron chi connectivity index (χ3n) is 2.66. The predicted molar refractivity (Wildman–Crippen MR) is 70.7 cm³/mol. The molecule has 0 saturated heterocycles. The molecule has 0 aliphatic rings. The Morgan fingerprint density at radius 2 is 1.85 bits per heavy atom. The highest BCUT2D eigenvalue weighted by Crippen LogP contribution is 2.24. The van der Waals surface area contributed by atoms with Gasteiger partial charge in [-0.3, -0.25) is 9.10 Å². The second-order valence-electron chi connectivity index (χ2n) is 3.92. The van der Waals surface area contributed by atoms with E-state index in [1.165, 1.54) is 36.4 Å². The Morgan fingerprint density at radius 1 is 1.20 bits per heavy atom. The average molecular weight is 297 g/mol. The van der Waals surface area contributed by atoms with Crippen LogP contribution in [0.4, 0.5) is 10.1 Å². The highest BCUT2D eigenvalue weighted by atomic mass is 32.2. The van der Waals surface area contributed by atoms with Gasteiger partial charge >= 0.3 is 0 Å². The third kappa shape index (κ3) is 2.57. The summed E-state index contributed by atoms with van der Waals surface area (Å²) in [5.41, 5.74) is 0.318. The van der Waals surface area contributed by atoms with Gasteiger partial charge in [-0.1, -0.05) is 0 Å². The number of benzene rings is 1. The van der Waals surface area contributed by atoms with Crippen LogP contribution in [0.3, 0.4) is 0 Å². The molecule has 106 valence electrons. The summed E-state index contributed by atoms with van der Waals surface area (Å²) in [7, 11) is -3.92. The van der Waals surface area contributed by atoms with Crippen molar-refractivity contribution in [3.63, 3.8) is 0 Å². The molecular formula is C13H12FNO4S. The fourth-order valence-corrected chi connectivity index (χ4v) is 3.14. The SMILES string of the molecule is CCN(c1ccc(F)cc1)S(=O)(=O)c1ccc(C=O)o1. The Bertz CT molecular complexity index is 706. The zero-order valence-electron chi connectivity index (χ0n) is 10.6. The van der Waals surface area contributed by atoms with Gasteiger partial charge in [0.05, 0.1) is 5.69 Å². The number of hydrogen-bond acceptors (Lipinski definition) is 4. The first-order valence-electron chi connectivity index (χ1n) is 5.82. The molecule has 0 N–H and O–H groups in total. The van der Waals surface area contributed by atoms with Crippen molar-refractivity contribution in [2.75, 3.05) is 10.8 Å². The first-order valence-corrected chi connectivity index (χ1v) is 7.26. The monoisotopic (exact) mass is 297 g/mol. The molecule has 20 heavy (non-hydrogen) atoms. The van der Waals surface area contributed by atoms with Crippen molar-refractivity contribution in [3.05, 3.63) is 48.0 Å². The summed E-state index contributed by atoms with van der Waals surface area (Å²) in [4.78, 5) is 10.5. The van der Waals surface area contributed by atoms with Crippen LogP contribution in [0.1, 0.15) is 17.5 Å². The number of hydrogen-bond donors (Lipinski definition) is 0. The molecule has 5 nitrogen and oxygen atoms in total. The molecule has 0 spiro atoms. The van der Waals surface area contributed by atoms with E-state index in [-0.39, 0.29) is 17.4 Å². The van der Waals surface area contributed by atoms with Crippen molar-refractivity contribution >= 4 is 22.0 Å². The molecule has 7 heteroatoms. The van der Waals surface area contributed by atoms with Crippen molar-refractivity contribution in [2.45, 2.75) is 12.0 Å². The van der Waals surface area contributed by atoms with Crippen molar-refractivity contribution in [1.29, 1.82) is 0 Å². The van der Waals surface area contributed by atoms with Gasteiger partial charge in [-0.15, -0.1) is 0 Å². The number of sulfonamides is 1. The Morgan fingerprint density at radius 3 is 2.35 bits per heavy atom. The van der Waals surface area contributed by atoms with Crippen LogP contribution in [0.5, 0.6) is 0 Å². The second kappa shape index (κ2) is 5.46. The van der Waals surface area contributed by atoms with Gasteiger partial charge in [0.15, 0.2) is 12.0 Å². The van der Waals surface area contributed by atoms with E-state index in [2.05, 4.69) is 0 Å². The van der Waals surface area contributed by atoms with Gasteiger partial charge in [0.25, 0.3) is 10.0 Å². The normalized spacial score (nSPS) is 11.3. The molecule has 1 aromatic carbocycles. The zero-order chi connectivity index (χ0) is 14.8. The molecule has 0 aliphatic heterocycles. The lowest BCUT2D eigenvalue weighted by atomic mass is 10.3. The molecule has 1 aromatic heterocycles. The van der Waals surface area contributed by atoms with E-state index in [1.807, 2.05) is 0 Å². The number of rotatable bonds is 5. The fraction of sp³-hybridized carbons (Fsp3) is 0.154. The van der Waals surface area contributed by atoms with Crippen LogP contribution < -0.4 is 4.31 Å². The first-order chi connectivity index (χ1) is 9.48. The number of carbonyl (C=O) groups excluding carboxylic acids is 1. The summed E-state index contributed by atoms with van der Waals surface area (Å²) in [5.74, 6) is -0.526. The van der Waals surface area contributed by atoms with Crippen LogP contribution >= 0.6 is 0 Å². The summed E-state index contributed by atoms with van der Waals surface area (Å²) in [6.07, 6.45) is 0.424. The maximum atomic E-state index is 12.9. The summed E-state index contributed by atoms with van der Waals surface area (Å²) in [6, 6.07) is 7.56. The topological polar surface area (TPSA) is 67.6 Å². The molecule has 0 saturated carbocycles. The Kier molecular flexibility index (Phi) is 3.89. The highest BCUT2D eigenvalue weighted by molar-refractivity contribution is 7.92. The minimum atomic E-state index is -3.92. The smallest absolute Gasteiger partial charge is 0.297 e. The van der Waals surface area contributed by atoms with Crippen LogP contribution in [0.2, 0.25) is 0 Å². The van der Waals surface area contributed by atoms with Crippen LogP contribution in [0, 0.1) is 5.82 Å². The quantitative estimate of drug-likeness (QED) is 0.795. The maximum absolute atomic E-state index is 12.9. The van der Waals surface area contributed by atoms with Gasteiger partial charge in [-0.2, -0.15) is 8.42 Å². The standard InChI is InChI=1S/C13H12FNO4S/c1-2-15(11-5-3-10(14)4-6-11)20(17,18)13-8-7-12(9-16)19-13/h3-9H,2H2,1H3. The van der Waals surface area contributed by atoms with E-state index in [9.17, 15) is 17.6 Å². The Labute approximate surface area is 115 Å². The zero-order valence-corrected chi connectivity index (χ0v) is 11.4. The number of carbonyl (C=O) groups is 1. The lowest BCUT2D eigenvalue weighted by molar-refractivity contribution is 0.109. The average Bonchev–Trinajstić information content (AvgIpc) is 2.91. The van der Waals surface area contributed by atoms with Crippen LogP contribution in [0.25, 0.3) is 0 Å². The van der Waals surface area contributed by atoms with E-state index >= 15 is 0 Å². The van der Waals surface area contributed by atoms with Crippen LogP contribution in [-0.4, -0.2) is 21.2 Å². The van der Waals surface area contributed by atoms with E-state index in [1.54, 1.807) is 6.92 Å². The highest BCUT2D eigenvalue weighted by Gasteiger charge is 2.27. The van der Waals surface area contributed by atoms with Gasteiger partial charge in [0.2, 0.25) is 5.09 Å². The number of anilines is 1. The van der Waals surface area contributed by atoms with E-state index in [4.69, 9.17) is 4.42 Å². The van der Waals surface area contributed by atoms with Gasteiger partial charge < -0.3 is 4.42 Å². The number of nitrogens with zero attached hydrogens (tertiary/aromatic N) is 1. The molecule has 0 fully saturated rings. The molecule has 1 heterocycles.